The lowest BCUT2D eigenvalue weighted by Gasteiger charge is -2.16. The van der Waals surface area contributed by atoms with Gasteiger partial charge in [-0.1, -0.05) is 48.0 Å². The van der Waals surface area contributed by atoms with Crippen LogP contribution >= 0.6 is 11.8 Å². The van der Waals surface area contributed by atoms with Crippen molar-refractivity contribution in [3.05, 3.63) is 70.9 Å². The Morgan fingerprint density at radius 3 is 2.61 bits per heavy atom. The average Bonchev–Trinajstić information content (AvgIpc) is 2.99. The van der Waals surface area contributed by atoms with E-state index in [0.717, 1.165) is 12.2 Å². The zero-order valence-corrected chi connectivity index (χ0v) is 14.5. The van der Waals surface area contributed by atoms with Crippen LogP contribution in [0.4, 0.5) is 0 Å². The summed E-state index contributed by atoms with van der Waals surface area (Å²) in [5.41, 5.74) is 6.37. The zero-order chi connectivity index (χ0) is 16.2. The van der Waals surface area contributed by atoms with E-state index in [1.165, 1.54) is 33.2 Å². The quantitative estimate of drug-likeness (QED) is 0.679. The topological polar surface area (TPSA) is 36.0 Å². The molecule has 1 heterocycles. The van der Waals surface area contributed by atoms with Gasteiger partial charge in [-0.25, -0.2) is 0 Å². The number of aryl methyl sites for hydroxylation is 1. The standard InChI is InChI=1S/C20H23NOS/c1-14-6-8-15(9-7-14)17(10-11-22)19-12-21-20-16(13-23-2)4-3-5-18(19)20/h3-9,12,17,21-22H,10-11,13H2,1-2H3. The van der Waals surface area contributed by atoms with Crippen LogP contribution in [0.15, 0.2) is 48.7 Å². The Morgan fingerprint density at radius 2 is 1.91 bits per heavy atom. The molecule has 0 radical (unpaired) electrons. The molecule has 0 bridgehead atoms. The molecule has 0 aliphatic rings. The van der Waals surface area contributed by atoms with Crippen molar-refractivity contribution in [2.24, 2.45) is 0 Å². The zero-order valence-electron chi connectivity index (χ0n) is 13.7. The fourth-order valence-corrected chi connectivity index (χ4v) is 3.78. The van der Waals surface area contributed by atoms with Crippen molar-refractivity contribution in [3.8, 4) is 0 Å². The molecule has 3 rings (SSSR count). The third-order valence-electron chi connectivity index (χ3n) is 4.41. The van der Waals surface area contributed by atoms with Crippen molar-refractivity contribution in [3.63, 3.8) is 0 Å². The SMILES string of the molecule is CSCc1cccc2c(C(CCO)c3ccc(C)cc3)c[nH]c12. The first-order valence-electron chi connectivity index (χ1n) is 8.00. The minimum absolute atomic E-state index is 0.190. The first-order valence-corrected chi connectivity index (χ1v) is 9.39. The van der Waals surface area contributed by atoms with Gasteiger partial charge in [0.25, 0.3) is 0 Å². The van der Waals surface area contributed by atoms with Crippen LogP contribution < -0.4 is 0 Å². The fraction of sp³-hybridized carbons (Fsp3) is 0.300. The van der Waals surface area contributed by atoms with Crippen molar-refractivity contribution in [1.82, 2.24) is 4.98 Å². The molecule has 1 unspecified atom stereocenters. The third kappa shape index (κ3) is 3.31. The number of H-pyrrole nitrogens is 1. The second-order valence-corrected chi connectivity index (χ2v) is 6.86. The van der Waals surface area contributed by atoms with E-state index in [-0.39, 0.29) is 12.5 Å². The van der Waals surface area contributed by atoms with E-state index in [2.05, 4.69) is 66.8 Å². The fourth-order valence-electron chi connectivity index (χ4n) is 3.23. The smallest absolute Gasteiger partial charge is 0.0498 e. The minimum atomic E-state index is 0.190. The number of thioether (sulfide) groups is 1. The van der Waals surface area contributed by atoms with Gasteiger partial charge in [-0.05, 0) is 36.3 Å². The van der Waals surface area contributed by atoms with Crippen molar-refractivity contribution in [1.29, 1.82) is 0 Å². The molecule has 2 N–H and O–H groups in total. The molecule has 0 amide bonds. The number of aromatic nitrogens is 1. The van der Waals surface area contributed by atoms with E-state index in [0.29, 0.717) is 0 Å². The largest absolute Gasteiger partial charge is 0.396 e. The summed E-state index contributed by atoms with van der Waals surface area (Å²) < 4.78 is 0. The summed E-state index contributed by atoms with van der Waals surface area (Å²) in [6.45, 7) is 2.29. The molecule has 0 fully saturated rings. The molecule has 3 aromatic rings. The van der Waals surface area contributed by atoms with Crippen LogP contribution in [0.3, 0.4) is 0 Å². The number of hydrogen-bond donors (Lipinski definition) is 2. The highest BCUT2D eigenvalue weighted by molar-refractivity contribution is 7.97. The van der Waals surface area contributed by atoms with Gasteiger partial charge < -0.3 is 10.1 Å². The molecule has 23 heavy (non-hydrogen) atoms. The number of para-hydroxylation sites is 1. The van der Waals surface area contributed by atoms with Crippen LogP contribution in [0.5, 0.6) is 0 Å². The van der Waals surface area contributed by atoms with Crippen LogP contribution in [0.25, 0.3) is 10.9 Å². The summed E-state index contributed by atoms with van der Waals surface area (Å²) in [6, 6.07) is 15.2. The molecule has 3 heteroatoms. The maximum Gasteiger partial charge on any atom is 0.0498 e. The van der Waals surface area contributed by atoms with Crippen LogP contribution in [-0.4, -0.2) is 23.0 Å². The summed E-state index contributed by atoms with van der Waals surface area (Å²) in [6.07, 6.45) is 4.99. The number of fused-ring (bicyclic) bond motifs is 1. The van der Waals surface area contributed by atoms with E-state index < -0.39 is 0 Å². The summed E-state index contributed by atoms with van der Waals surface area (Å²) in [5.74, 6) is 1.23. The van der Waals surface area contributed by atoms with Gasteiger partial charge in [-0.3, -0.25) is 0 Å². The van der Waals surface area contributed by atoms with Crippen molar-refractivity contribution < 1.29 is 5.11 Å². The highest BCUT2D eigenvalue weighted by Crippen LogP contribution is 2.34. The van der Waals surface area contributed by atoms with Crippen molar-refractivity contribution >= 4 is 22.7 Å². The van der Waals surface area contributed by atoms with Gasteiger partial charge in [0.15, 0.2) is 0 Å². The van der Waals surface area contributed by atoms with Gasteiger partial charge in [0.1, 0.15) is 0 Å². The number of aromatic amines is 1. The lowest BCUT2D eigenvalue weighted by Crippen LogP contribution is -2.03. The van der Waals surface area contributed by atoms with E-state index in [4.69, 9.17) is 0 Å². The Morgan fingerprint density at radius 1 is 1.13 bits per heavy atom. The molecule has 0 aliphatic heterocycles. The Kier molecular flexibility index (Phi) is 5.09. The maximum absolute atomic E-state index is 9.55. The Bertz CT molecular complexity index is 776. The van der Waals surface area contributed by atoms with Crippen LogP contribution in [0.2, 0.25) is 0 Å². The van der Waals surface area contributed by atoms with Gasteiger partial charge in [-0.15, -0.1) is 0 Å². The molecular weight excluding hydrogens is 302 g/mol. The summed E-state index contributed by atoms with van der Waals surface area (Å²) in [5, 5.41) is 10.8. The van der Waals surface area contributed by atoms with Crippen molar-refractivity contribution in [2.45, 2.75) is 25.0 Å². The molecular formula is C20H23NOS. The lowest BCUT2D eigenvalue weighted by molar-refractivity contribution is 0.282. The normalized spacial score (nSPS) is 12.7. The Balaban J connectivity index is 2.08. The predicted molar refractivity (Wildman–Crippen MR) is 100 cm³/mol. The maximum atomic E-state index is 9.55. The predicted octanol–water partition coefficient (Wildman–Crippen LogP) is 4.85. The van der Waals surface area contributed by atoms with E-state index in [1.54, 1.807) is 0 Å². The minimum Gasteiger partial charge on any atom is -0.396 e. The summed E-state index contributed by atoms with van der Waals surface area (Å²) in [7, 11) is 0. The monoisotopic (exact) mass is 325 g/mol. The molecule has 1 aromatic heterocycles. The summed E-state index contributed by atoms with van der Waals surface area (Å²) in [4.78, 5) is 3.47. The van der Waals surface area contributed by atoms with E-state index in [9.17, 15) is 5.11 Å². The van der Waals surface area contributed by atoms with Gasteiger partial charge in [0, 0.05) is 35.4 Å². The average molecular weight is 325 g/mol. The highest BCUT2D eigenvalue weighted by atomic mass is 32.2. The highest BCUT2D eigenvalue weighted by Gasteiger charge is 2.18. The second-order valence-electron chi connectivity index (χ2n) is 5.99. The first kappa shape index (κ1) is 16.2. The Labute approximate surface area is 141 Å². The number of rotatable bonds is 6. The van der Waals surface area contributed by atoms with Gasteiger partial charge in [0.2, 0.25) is 0 Å². The molecule has 0 saturated heterocycles. The number of aliphatic hydroxyl groups excluding tert-OH is 1. The summed E-state index contributed by atoms with van der Waals surface area (Å²) >= 11 is 1.84. The number of nitrogens with one attached hydrogen (secondary N) is 1. The van der Waals surface area contributed by atoms with Crippen LogP contribution in [0, 0.1) is 6.92 Å². The van der Waals surface area contributed by atoms with Gasteiger partial charge in [-0.2, -0.15) is 11.8 Å². The lowest BCUT2D eigenvalue weighted by atomic mass is 9.88. The molecule has 0 aliphatic carbocycles. The van der Waals surface area contributed by atoms with Crippen LogP contribution in [-0.2, 0) is 5.75 Å². The van der Waals surface area contributed by atoms with Gasteiger partial charge in [0.05, 0.1) is 0 Å². The number of benzene rings is 2. The molecule has 2 nitrogen and oxygen atoms in total. The molecule has 1 atom stereocenters. The number of aliphatic hydroxyl groups is 1. The molecule has 0 saturated carbocycles. The van der Waals surface area contributed by atoms with Crippen molar-refractivity contribution in [2.75, 3.05) is 12.9 Å². The van der Waals surface area contributed by atoms with Gasteiger partial charge >= 0.3 is 0 Å². The number of hydrogen-bond acceptors (Lipinski definition) is 2. The third-order valence-corrected chi connectivity index (χ3v) is 5.01. The van der Waals surface area contributed by atoms with E-state index in [1.807, 2.05) is 11.8 Å². The first-order chi connectivity index (χ1) is 11.2. The molecule has 120 valence electrons. The second kappa shape index (κ2) is 7.24. The molecule has 0 spiro atoms. The molecule has 2 aromatic carbocycles. The van der Waals surface area contributed by atoms with E-state index >= 15 is 0 Å². The van der Waals surface area contributed by atoms with Crippen LogP contribution in [0.1, 0.15) is 34.6 Å². The Hall–Kier alpha value is -1.71.